The van der Waals surface area contributed by atoms with Gasteiger partial charge in [0.1, 0.15) is 12.0 Å². The van der Waals surface area contributed by atoms with E-state index in [0.717, 1.165) is 19.4 Å². The number of rotatable bonds is 4. The zero-order chi connectivity index (χ0) is 13.1. The van der Waals surface area contributed by atoms with Gasteiger partial charge >= 0.3 is 5.97 Å². The molecule has 18 heavy (non-hydrogen) atoms. The topological polar surface area (TPSA) is 96.6 Å². The van der Waals surface area contributed by atoms with E-state index in [0.29, 0.717) is 5.82 Å². The number of nitro groups is 1. The van der Waals surface area contributed by atoms with Crippen molar-refractivity contribution < 1.29 is 14.8 Å². The van der Waals surface area contributed by atoms with Crippen molar-refractivity contribution in [2.24, 2.45) is 0 Å². The monoisotopic (exact) mass is 251 g/mol. The molecule has 7 nitrogen and oxygen atoms in total. The highest BCUT2D eigenvalue weighted by atomic mass is 16.6. The van der Waals surface area contributed by atoms with Gasteiger partial charge in [-0.3, -0.25) is 14.9 Å². The molecule has 1 saturated heterocycles. The molecule has 0 amide bonds. The Morgan fingerprint density at radius 3 is 2.94 bits per heavy atom. The van der Waals surface area contributed by atoms with Crippen LogP contribution in [-0.4, -0.2) is 33.6 Å². The summed E-state index contributed by atoms with van der Waals surface area (Å²) in [5.41, 5.74) is -0.0623. The second-order valence-corrected chi connectivity index (χ2v) is 4.22. The number of hydrogen-bond donors (Lipinski definition) is 1. The van der Waals surface area contributed by atoms with Gasteiger partial charge in [0.15, 0.2) is 0 Å². The minimum atomic E-state index is -0.839. The van der Waals surface area contributed by atoms with Gasteiger partial charge in [0.05, 0.1) is 11.3 Å². The van der Waals surface area contributed by atoms with E-state index >= 15 is 0 Å². The van der Waals surface area contributed by atoms with E-state index in [4.69, 9.17) is 5.11 Å². The van der Waals surface area contributed by atoms with E-state index in [-0.39, 0.29) is 18.2 Å². The number of carboxylic acids is 1. The Bertz CT molecular complexity index is 460. The first kappa shape index (κ1) is 12.3. The molecule has 1 aromatic rings. The fraction of sp³-hybridized carbons (Fsp3) is 0.455. The first-order valence-corrected chi connectivity index (χ1v) is 5.67. The summed E-state index contributed by atoms with van der Waals surface area (Å²) in [6.07, 6.45) is 2.99. The molecular formula is C11H13N3O4. The van der Waals surface area contributed by atoms with Crippen LogP contribution in [0.15, 0.2) is 18.3 Å². The second-order valence-electron chi connectivity index (χ2n) is 4.22. The Balaban J connectivity index is 2.14. The number of aliphatic carboxylic acids is 1. The summed E-state index contributed by atoms with van der Waals surface area (Å²) in [7, 11) is 0. The summed E-state index contributed by atoms with van der Waals surface area (Å²) < 4.78 is 0. The van der Waals surface area contributed by atoms with Crippen LogP contribution in [0.25, 0.3) is 0 Å². The van der Waals surface area contributed by atoms with Crippen LogP contribution in [0, 0.1) is 10.1 Å². The quantitative estimate of drug-likeness (QED) is 0.642. The van der Waals surface area contributed by atoms with Gasteiger partial charge in [-0.05, 0) is 18.9 Å². The number of carbonyl (C=O) groups is 1. The number of carboxylic acid groups (broad SMARTS) is 1. The van der Waals surface area contributed by atoms with Crippen molar-refractivity contribution in [1.82, 2.24) is 4.98 Å². The van der Waals surface area contributed by atoms with E-state index in [9.17, 15) is 14.9 Å². The summed E-state index contributed by atoms with van der Waals surface area (Å²) >= 11 is 0. The highest BCUT2D eigenvalue weighted by molar-refractivity contribution is 5.68. The predicted octanol–water partition coefficient (Wildman–Crippen LogP) is 1.43. The standard InChI is InChI=1S/C11H13N3O4/c15-11(16)6-8-2-1-5-13(8)10-4-3-9(7-12-10)14(17)18/h3-4,7-8H,1-2,5-6H2,(H,15,16). The van der Waals surface area contributed by atoms with E-state index in [1.165, 1.54) is 12.3 Å². The lowest BCUT2D eigenvalue weighted by Gasteiger charge is -2.24. The van der Waals surface area contributed by atoms with Gasteiger partial charge in [-0.25, -0.2) is 4.98 Å². The molecule has 7 heteroatoms. The molecule has 1 aromatic heterocycles. The van der Waals surface area contributed by atoms with Crippen LogP contribution < -0.4 is 4.90 Å². The minimum Gasteiger partial charge on any atom is -0.481 e. The van der Waals surface area contributed by atoms with Crippen molar-refractivity contribution in [3.05, 3.63) is 28.4 Å². The molecule has 2 heterocycles. The Labute approximate surface area is 103 Å². The van der Waals surface area contributed by atoms with Gasteiger partial charge in [-0.1, -0.05) is 0 Å². The van der Waals surface area contributed by atoms with Crippen molar-refractivity contribution in [2.45, 2.75) is 25.3 Å². The van der Waals surface area contributed by atoms with Crippen LogP contribution in [-0.2, 0) is 4.79 Å². The lowest BCUT2D eigenvalue weighted by atomic mass is 10.1. The number of hydrogen-bond acceptors (Lipinski definition) is 5. The van der Waals surface area contributed by atoms with Crippen LogP contribution in [0.3, 0.4) is 0 Å². The second kappa shape index (κ2) is 4.99. The fourth-order valence-electron chi connectivity index (χ4n) is 2.21. The molecule has 2 rings (SSSR count). The lowest BCUT2D eigenvalue weighted by molar-refractivity contribution is -0.385. The van der Waals surface area contributed by atoms with E-state index < -0.39 is 10.9 Å². The highest BCUT2D eigenvalue weighted by Crippen LogP contribution is 2.26. The Kier molecular flexibility index (Phi) is 3.40. The van der Waals surface area contributed by atoms with Gasteiger partial charge in [0.2, 0.25) is 0 Å². The van der Waals surface area contributed by atoms with E-state index in [2.05, 4.69) is 4.98 Å². The zero-order valence-corrected chi connectivity index (χ0v) is 9.65. The molecule has 1 unspecified atom stereocenters. The molecule has 0 bridgehead atoms. The van der Waals surface area contributed by atoms with Crippen LogP contribution in [0.4, 0.5) is 11.5 Å². The molecule has 0 saturated carbocycles. The molecule has 0 aliphatic carbocycles. The molecule has 0 aromatic carbocycles. The SMILES string of the molecule is O=C(O)CC1CCCN1c1ccc([N+](=O)[O-])cn1. The highest BCUT2D eigenvalue weighted by Gasteiger charge is 2.27. The fourth-order valence-corrected chi connectivity index (χ4v) is 2.21. The molecule has 0 radical (unpaired) electrons. The van der Waals surface area contributed by atoms with Crippen LogP contribution in [0.5, 0.6) is 0 Å². The molecule has 1 atom stereocenters. The van der Waals surface area contributed by atoms with Gasteiger partial charge in [-0.15, -0.1) is 0 Å². The van der Waals surface area contributed by atoms with Crippen molar-refractivity contribution >= 4 is 17.5 Å². The van der Waals surface area contributed by atoms with Gasteiger partial charge in [-0.2, -0.15) is 0 Å². The Hall–Kier alpha value is -2.18. The summed E-state index contributed by atoms with van der Waals surface area (Å²) in [5, 5.41) is 19.3. The van der Waals surface area contributed by atoms with Crippen LogP contribution in [0.2, 0.25) is 0 Å². The number of anilines is 1. The average Bonchev–Trinajstić information content (AvgIpc) is 2.76. The molecule has 1 aliphatic rings. The lowest BCUT2D eigenvalue weighted by Crippen LogP contribution is -2.31. The summed E-state index contributed by atoms with van der Waals surface area (Å²) in [6.45, 7) is 0.739. The molecule has 1 N–H and O–H groups in total. The third-order valence-electron chi connectivity index (χ3n) is 3.02. The number of aromatic nitrogens is 1. The van der Waals surface area contributed by atoms with Gasteiger partial charge < -0.3 is 10.0 Å². The first-order chi connectivity index (χ1) is 8.58. The summed E-state index contributed by atoms with van der Waals surface area (Å²) in [4.78, 5) is 26.7. The number of nitrogens with zero attached hydrogens (tertiary/aromatic N) is 3. The van der Waals surface area contributed by atoms with Crippen LogP contribution in [0.1, 0.15) is 19.3 Å². The number of pyridine rings is 1. The van der Waals surface area contributed by atoms with Gasteiger partial charge in [0.25, 0.3) is 5.69 Å². The third kappa shape index (κ3) is 2.55. The average molecular weight is 251 g/mol. The van der Waals surface area contributed by atoms with Crippen molar-refractivity contribution in [3.63, 3.8) is 0 Å². The maximum absolute atomic E-state index is 10.7. The predicted molar refractivity (Wildman–Crippen MR) is 63.5 cm³/mol. The first-order valence-electron chi connectivity index (χ1n) is 5.67. The zero-order valence-electron chi connectivity index (χ0n) is 9.65. The molecular weight excluding hydrogens is 238 g/mol. The maximum atomic E-state index is 10.7. The molecule has 0 spiro atoms. The van der Waals surface area contributed by atoms with Crippen molar-refractivity contribution in [1.29, 1.82) is 0 Å². The Morgan fingerprint density at radius 1 is 1.61 bits per heavy atom. The third-order valence-corrected chi connectivity index (χ3v) is 3.02. The maximum Gasteiger partial charge on any atom is 0.305 e. The summed E-state index contributed by atoms with van der Waals surface area (Å²) in [6, 6.07) is 2.88. The molecule has 1 aliphatic heterocycles. The van der Waals surface area contributed by atoms with E-state index in [1.54, 1.807) is 6.07 Å². The molecule has 96 valence electrons. The van der Waals surface area contributed by atoms with Crippen LogP contribution >= 0.6 is 0 Å². The van der Waals surface area contributed by atoms with Crippen molar-refractivity contribution in [3.8, 4) is 0 Å². The normalized spacial score (nSPS) is 18.9. The molecule has 1 fully saturated rings. The minimum absolute atomic E-state index is 0.0623. The smallest absolute Gasteiger partial charge is 0.305 e. The van der Waals surface area contributed by atoms with Crippen molar-refractivity contribution in [2.75, 3.05) is 11.4 Å². The largest absolute Gasteiger partial charge is 0.481 e. The van der Waals surface area contributed by atoms with Gasteiger partial charge in [0, 0.05) is 18.7 Å². The summed E-state index contributed by atoms with van der Waals surface area (Å²) in [5.74, 6) is -0.238. The van der Waals surface area contributed by atoms with E-state index in [1.807, 2.05) is 4.90 Å². The Morgan fingerprint density at radius 2 is 2.39 bits per heavy atom.